The van der Waals surface area contributed by atoms with Gasteiger partial charge in [-0.1, -0.05) is 18.0 Å². The van der Waals surface area contributed by atoms with Crippen LogP contribution in [0.3, 0.4) is 0 Å². The molecule has 0 saturated carbocycles. The van der Waals surface area contributed by atoms with Crippen molar-refractivity contribution in [2.45, 2.75) is 35.9 Å². The van der Waals surface area contributed by atoms with E-state index < -0.39 is 10.0 Å². The maximum atomic E-state index is 12.6. The van der Waals surface area contributed by atoms with Crippen LogP contribution >= 0.6 is 22.9 Å². The molecule has 112 valence electrons. The molecule has 0 spiro atoms. The second kappa shape index (κ2) is 6.43. The third-order valence-corrected chi connectivity index (χ3v) is 6.96. The molecule has 0 N–H and O–H groups in total. The van der Waals surface area contributed by atoms with Gasteiger partial charge >= 0.3 is 5.97 Å². The fourth-order valence-electron chi connectivity index (χ4n) is 2.32. The van der Waals surface area contributed by atoms with Crippen molar-refractivity contribution in [3.05, 3.63) is 16.5 Å². The van der Waals surface area contributed by atoms with E-state index in [4.69, 9.17) is 11.6 Å². The van der Waals surface area contributed by atoms with Gasteiger partial charge in [-0.3, -0.25) is 4.79 Å². The van der Waals surface area contributed by atoms with Crippen molar-refractivity contribution in [3.63, 3.8) is 0 Å². The molecule has 0 bridgehead atoms. The molecule has 1 atom stereocenters. The lowest BCUT2D eigenvalue weighted by Crippen LogP contribution is -2.44. The number of carbonyl (C=O) groups excluding carboxylic acids is 1. The Morgan fingerprint density at radius 2 is 2.25 bits per heavy atom. The molecular weight excluding hydrogens is 322 g/mol. The van der Waals surface area contributed by atoms with Crippen molar-refractivity contribution < 1.29 is 17.9 Å². The SMILES string of the molecule is COC(=O)CC1CCCCN1S(=O)(=O)c1ccc(Cl)s1. The summed E-state index contributed by atoms with van der Waals surface area (Å²) in [5.74, 6) is -0.388. The summed E-state index contributed by atoms with van der Waals surface area (Å²) in [5.41, 5.74) is 0. The maximum absolute atomic E-state index is 12.6. The molecule has 0 aromatic carbocycles. The molecule has 0 radical (unpaired) electrons. The lowest BCUT2D eigenvalue weighted by atomic mass is 10.0. The fourth-order valence-corrected chi connectivity index (χ4v) is 5.63. The van der Waals surface area contributed by atoms with Crippen LogP contribution in [0.1, 0.15) is 25.7 Å². The number of rotatable bonds is 4. The number of esters is 1. The molecule has 0 aliphatic carbocycles. The Kier molecular flexibility index (Phi) is 5.06. The largest absolute Gasteiger partial charge is 0.469 e. The van der Waals surface area contributed by atoms with Crippen LogP contribution in [-0.2, 0) is 19.6 Å². The third kappa shape index (κ3) is 3.33. The topological polar surface area (TPSA) is 63.7 Å². The van der Waals surface area contributed by atoms with E-state index in [0.717, 1.165) is 24.2 Å². The van der Waals surface area contributed by atoms with Gasteiger partial charge in [0, 0.05) is 12.6 Å². The van der Waals surface area contributed by atoms with Crippen molar-refractivity contribution in [3.8, 4) is 0 Å². The van der Waals surface area contributed by atoms with Crippen LogP contribution in [0.2, 0.25) is 4.34 Å². The molecule has 20 heavy (non-hydrogen) atoms. The summed E-state index contributed by atoms with van der Waals surface area (Å²) in [6.45, 7) is 0.430. The summed E-state index contributed by atoms with van der Waals surface area (Å²) >= 11 is 6.84. The van der Waals surface area contributed by atoms with Crippen molar-refractivity contribution in [1.29, 1.82) is 0 Å². The zero-order valence-electron chi connectivity index (χ0n) is 11.0. The van der Waals surface area contributed by atoms with Gasteiger partial charge in [0.2, 0.25) is 0 Å². The van der Waals surface area contributed by atoms with E-state index in [1.54, 1.807) is 6.07 Å². The first-order chi connectivity index (χ1) is 9.45. The first-order valence-corrected chi connectivity index (χ1v) is 8.92. The molecule has 1 aliphatic rings. The Labute approximate surface area is 127 Å². The van der Waals surface area contributed by atoms with E-state index in [9.17, 15) is 13.2 Å². The average Bonchev–Trinajstić information content (AvgIpc) is 2.86. The number of sulfonamides is 1. The smallest absolute Gasteiger partial charge is 0.307 e. The van der Waals surface area contributed by atoms with Crippen molar-refractivity contribution >= 4 is 38.9 Å². The molecule has 1 aromatic rings. The van der Waals surface area contributed by atoms with Crippen LogP contribution in [0.15, 0.2) is 16.3 Å². The van der Waals surface area contributed by atoms with Gasteiger partial charge in [0.05, 0.1) is 17.9 Å². The van der Waals surface area contributed by atoms with Crippen molar-refractivity contribution in [2.24, 2.45) is 0 Å². The van der Waals surface area contributed by atoms with E-state index in [0.29, 0.717) is 17.3 Å². The number of methoxy groups -OCH3 is 1. The summed E-state index contributed by atoms with van der Waals surface area (Å²) < 4.78 is 31.9. The summed E-state index contributed by atoms with van der Waals surface area (Å²) in [6.07, 6.45) is 2.48. The zero-order chi connectivity index (χ0) is 14.8. The molecule has 1 unspecified atom stereocenters. The second-order valence-electron chi connectivity index (χ2n) is 4.60. The fraction of sp³-hybridized carbons (Fsp3) is 0.583. The van der Waals surface area contributed by atoms with Gasteiger partial charge in [-0.05, 0) is 25.0 Å². The Balaban J connectivity index is 2.25. The highest BCUT2D eigenvalue weighted by molar-refractivity contribution is 7.91. The molecule has 1 aromatic heterocycles. The molecule has 1 saturated heterocycles. The van der Waals surface area contributed by atoms with E-state index in [1.165, 1.54) is 17.5 Å². The molecule has 5 nitrogen and oxygen atoms in total. The first-order valence-electron chi connectivity index (χ1n) is 6.29. The Bertz CT molecular complexity index is 584. The van der Waals surface area contributed by atoms with Gasteiger partial charge in [-0.15, -0.1) is 11.3 Å². The summed E-state index contributed by atoms with van der Waals surface area (Å²) in [5, 5.41) is 0. The van der Waals surface area contributed by atoms with Crippen LogP contribution in [-0.4, -0.2) is 38.4 Å². The molecule has 0 amide bonds. The molecule has 1 fully saturated rings. The average molecular weight is 338 g/mol. The third-order valence-electron chi connectivity index (χ3n) is 3.31. The molecular formula is C12H16ClNO4S2. The van der Waals surface area contributed by atoms with Crippen molar-refractivity contribution in [1.82, 2.24) is 4.31 Å². The van der Waals surface area contributed by atoms with Gasteiger partial charge in [-0.2, -0.15) is 4.31 Å². The number of hydrogen-bond acceptors (Lipinski definition) is 5. The number of hydrogen-bond donors (Lipinski definition) is 0. The van der Waals surface area contributed by atoms with Crippen LogP contribution in [0.4, 0.5) is 0 Å². The maximum Gasteiger partial charge on any atom is 0.307 e. The standard InChI is InChI=1S/C12H16ClNO4S2/c1-18-11(15)8-9-4-2-3-7-14(9)20(16,17)12-6-5-10(13)19-12/h5-6,9H,2-4,7-8H2,1H3. The summed E-state index contributed by atoms with van der Waals surface area (Å²) in [7, 11) is -2.28. The number of thiophene rings is 1. The Morgan fingerprint density at radius 1 is 1.50 bits per heavy atom. The highest BCUT2D eigenvalue weighted by atomic mass is 35.5. The number of halogens is 1. The highest BCUT2D eigenvalue weighted by Gasteiger charge is 2.35. The number of nitrogens with zero attached hydrogens (tertiary/aromatic N) is 1. The lowest BCUT2D eigenvalue weighted by Gasteiger charge is -2.33. The predicted octanol–water partition coefficient (Wildman–Crippen LogP) is 2.51. The summed E-state index contributed by atoms with van der Waals surface area (Å²) in [4.78, 5) is 11.4. The second-order valence-corrected chi connectivity index (χ2v) is 8.44. The van der Waals surface area contributed by atoms with E-state index in [-0.39, 0.29) is 22.6 Å². The van der Waals surface area contributed by atoms with Gasteiger partial charge in [0.15, 0.2) is 0 Å². The molecule has 2 heterocycles. The van der Waals surface area contributed by atoms with Gasteiger partial charge in [-0.25, -0.2) is 8.42 Å². The van der Waals surface area contributed by atoms with Crippen LogP contribution < -0.4 is 0 Å². The van der Waals surface area contributed by atoms with Gasteiger partial charge in [0.25, 0.3) is 10.0 Å². The molecule has 1 aliphatic heterocycles. The first kappa shape index (κ1) is 15.8. The van der Waals surface area contributed by atoms with E-state index in [1.807, 2.05) is 0 Å². The number of ether oxygens (including phenoxy) is 1. The Hall–Kier alpha value is -0.630. The minimum atomic E-state index is -3.58. The van der Waals surface area contributed by atoms with Gasteiger partial charge < -0.3 is 4.74 Å². The van der Waals surface area contributed by atoms with Gasteiger partial charge in [0.1, 0.15) is 4.21 Å². The quantitative estimate of drug-likeness (QED) is 0.792. The summed E-state index contributed by atoms with van der Waals surface area (Å²) in [6, 6.07) is 2.74. The van der Waals surface area contributed by atoms with Crippen molar-refractivity contribution in [2.75, 3.05) is 13.7 Å². The van der Waals surface area contributed by atoms with E-state index in [2.05, 4.69) is 4.74 Å². The van der Waals surface area contributed by atoms with Crippen LogP contribution in [0.25, 0.3) is 0 Å². The predicted molar refractivity (Wildman–Crippen MR) is 77.5 cm³/mol. The Morgan fingerprint density at radius 3 is 2.85 bits per heavy atom. The number of carbonyl (C=O) groups is 1. The zero-order valence-corrected chi connectivity index (χ0v) is 13.4. The van der Waals surface area contributed by atoms with E-state index >= 15 is 0 Å². The van der Waals surface area contributed by atoms with Crippen LogP contribution in [0, 0.1) is 0 Å². The monoisotopic (exact) mass is 337 g/mol. The molecule has 2 rings (SSSR count). The highest BCUT2D eigenvalue weighted by Crippen LogP contribution is 2.32. The molecule has 8 heteroatoms. The normalized spacial score (nSPS) is 20.8. The lowest BCUT2D eigenvalue weighted by molar-refractivity contribution is -0.141. The minimum Gasteiger partial charge on any atom is -0.469 e. The van der Waals surface area contributed by atoms with Crippen LogP contribution in [0.5, 0.6) is 0 Å². The number of piperidine rings is 1. The minimum absolute atomic E-state index is 0.0921.